The molecule has 1 rings (SSSR count). The lowest BCUT2D eigenvalue weighted by molar-refractivity contribution is -0.445. The molecule has 0 aliphatic carbocycles. The van der Waals surface area contributed by atoms with Crippen molar-refractivity contribution in [3.8, 4) is 5.75 Å². The van der Waals surface area contributed by atoms with Crippen LogP contribution < -0.4 is 5.43 Å². The first-order valence-electron chi connectivity index (χ1n) is 3.81. The van der Waals surface area contributed by atoms with Crippen LogP contribution >= 0.6 is 0 Å². The Hall–Kier alpha value is -2.38. The van der Waals surface area contributed by atoms with E-state index in [4.69, 9.17) is 0 Å². The van der Waals surface area contributed by atoms with Gasteiger partial charge in [-0.25, -0.2) is 10.1 Å². The highest BCUT2D eigenvalue weighted by atomic mass is 16.7. The summed E-state index contributed by atoms with van der Waals surface area (Å²) in [5.74, 6) is -0.377. The lowest BCUT2D eigenvalue weighted by Crippen LogP contribution is -2.08. The number of nitro groups is 2. The maximum atomic E-state index is 10.4. The van der Waals surface area contributed by atoms with E-state index in [1.54, 1.807) is 5.43 Å². The quantitative estimate of drug-likeness (QED) is 0.442. The van der Waals surface area contributed by atoms with Gasteiger partial charge in [-0.05, 0) is 12.5 Å². The number of aromatic hydroxyl groups is 1. The number of nitrogens with one attached hydrogen (secondary N) is 1. The summed E-state index contributed by atoms with van der Waals surface area (Å²) in [6.07, 6.45) is 0. The fraction of sp³-hybridized carbons (Fsp3) is 0.143. The van der Waals surface area contributed by atoms with Gasteiger partial charge in [0.05, 0.1) is 4.92 Å². The largest absolute Gasteiger partial charge is 0.505 e. The minimum atomic E-state index is -0.905. The summed E-state index contributed by atoms with van der Waals surface area (Å²) >= 11 is 0. The van der Waals surface area contributed by atoms with E-state index in [1.807, 2.05) is 0 Å². The van der Waals surface area contributed by atoms with E-state index in [0.29, 0.717) is 0 Å². The van der Waals surface area contributed by atoms with Gasteiger partial charge in [-0.3, -0.25) is 10.1 Å². The Bertz CT molecular complexity index is 431. The molecule has 0 fully saturated rings. The first-order chi connectivity index (χ1) is 6.91. The number of non-ortho nitro benzene ring substituents is 1. The molecule has 8 nitrogen and oxygen atoms in total. The third-order valence-corrected chi connectivity index (χ3v) is 1.71. The van der Waals surface area contributed by atoms with E-state index in [-0.39, 0.29) is 22.7 Å². The molecule has 0 atom stereocenters. The minimum absolute atomic E-state index is 0.188. The fourth-order valence-corrected chi connectivity index (χ4v) is 1.05. The molecule has 0 aliphatic rings. The van der Waals surface area contributed by atoms with Gasteiger partial charge < -0.3 is 5.11 Å². The van der Waals surface area contributed by atoms with Gasteiger partial charge in [0.1, 0.15) is 5.75 Å². The normalized spacial score (nSPS) is 9.67. The van der Waals surface area contributed by atoms with Crippen molar-refractivity contribution in [3.05, 3.63) is 37.9 Å². The number of rotatable bonds is 3. The van der Waals surface area contributed by atoms with Crippen LogP contribution in [0.25, 0.3) is 0 Å². The number of hydrazine groups is 1. The number of nitrogens with zero attached hydrogens (tertiary/aromatic N) is 2. The fourth-order valence-electron chi connectivity index (χ4n) is 1.05. The second kappa shape index (κ2) is 3.78. The summed E-state index contributed by atoms with van der Waals surface area (Å²) in [5.41, 5.74) is 1.24. The number of aryl methyl sites for hydroxylation is 1. The van der Waals surface area contributed by atoms with Crippen LogP contribution in [0.3, 0.4) is 0 Å². The topological polar surface area (TPSA) is 119 Å². The lowest BCUT2D eigenvalue weighted by Gasteiger charge is -2.03. The van der Waals surface area contributed by atoms with Crippen molar-refractivity contribution in [1.82, 2.24) is 0 Å². The number of benzene rings is 1. The molecule has 0 heterocycles. The average molecular weight is 213 g/mol. The van der Waals surface area contributed by atoms with Gasteiger partial charge in [-0.1, -0.05) is 0 Å². The van der Waals surface area contributed by atoms with Crippen LogP contribution in [0.2, 0.25) is 0 Å². The molecule has 80 valence electrons. The van der Waals surface area contributed by atoms with Gasteiger partial charge in [0.25, 0.3) is 5.69 Å². The van der Waals surface area contributed by atoms with Gasteiger partial charge in [0.15, 0.2) is 10.7 Å². The second-order valence-corrected chi connectivity index (χ2v) is 2.78. The van der Waals surface area contributed by atoms with Crippen LogP contribution in [-0.4, -0.2) is 15.1 Å². The summed E-state index contributed by atoms with van der Waals surface area (Å²) in [7, 11) is 0. The third-order valence-electron chi connectivity index (χ3n) is 1.71. The van der Waals surface area contributed by atoms with Gasteiger partial charge in [-0.2, -0.15) is 0 Å². The van der Waals surface area contributed by atoms with Crippen molar-refractivity contribution >= 4 is 11.4 Å². The van der Waals surface area contributed by atoms with Crippen molar-refractivity contribution in [2.75, 3.05) is 5.43 Å². The number of hydrogen-bond acceptors (Lipinski definition) is 5. The van der Waals surface area contributed by atoms with E-state index in [0.717, 1.165) is 12.1 Å². The molecule has 2 N–H and O–H groups in total. The average Bonchev–Trinajstić information content (AvgIpc) is 2.11. The van der Waals surface area contributed by atoms with E-state index in [2.05, 4.69) is 0 Å². The van der Waals surface area contributed by atoms with E-state index < -0.39 is 9.96 Å². The van der Waals surface area contributed by atoms with Crippen molar-refractivity contribution in [2.24, 2.45) is 0 Å². The van der Waals surface area contributed by atoms with Crippen LogP contribution in [0.5, 0.6) is 5.75 Å². The van der Waals surface area contributed by atoms with Gasteiger partial charge in [0.2, 0.25) is 0 Å². The molecule has 0 spiro atoms. The van der Waals surface area contributed by atoms with Gasteiger partial charge >= 0.3 is 0 Å². The third kappa shape index (κ3) is 2.30. The zero-order valence-electron chi connectivity index (χ0n) is 7.63. The SMILES string of the molecule is Cc1cc([N+](=O)[O-])cc(N[N+](=O)[O-])c1O. The number of hydrogen-bond donors (Lipinski definition) is 2. The smallest absolute Gasteiger partial charge is 0.272 e. The van der Waals surface area contributed by atoms with Gasteiger partial charge in [-0.15, -0.1) is 5.43 Å². The maximum Gasteiger partial charge on any atom is 0.272 e. The Labute approximate surface area is 83.4 Å². The highest BCUT2D eigenvalue weighted by Crippen LogP contribution is 2.31. The highest BCUT2D eigenvalue weighted by Gasteiger charge is 2.16. The van der Waals surface area contributed by atoms with Gasteiger partial charge in [0, 0.05) is 12.1 Å². The van der Waals surface area contributed by atoms with Crippen LogP contribution in [0.15, 0.2) is 12.1 Å². The zero-order valence-corrected chi connectivity index (χ0v) is 7.63. The van der Waals surface area contributed by atoms with Crippen molar-refractivity contribution in [3.63, 3.8) is 0 Å². The molecule has 0 amide bonds. The standard InChI is InChI=1S/C7H7N3O5/c1-4-2-5(9(12)13)3-6(7(4)11)8-10(14)15/h2-3,8,11H,1H3. The Kier molecular flexibility index (Phi) is 2.70. The van der Waals surface area contributed by atoms with Crippen LogP contribution in [0.4, 0.5) is 11.4 Å². The summed E-state index contributed by atoms with van der Waals surface area (Å²) < 4.78 is 0. The van der Waals surface area contributed by atoms with Crippen molar-refractivity contribution < 1.29 is 15.1 Å². The molecular weight excluding hydrogens is 206 g/mol. The molecule has 1 aromatic carbocycles. The molecule has 0 bridgehead atoms. The molecule has 0 aliphatic heterocycles. The Balaban J connectivity index is 3.24. The molecule has 0 saturated carbocycles. The zero-order chi connectivity index (χ0) is 11.6. The van der Waals surface area contributed by atoms with Crippen LogP contribution in [-0.2, 0) is 0 Å². The minimum Gasteiger partial charge on any atom is -0.505 e. The first kappa shape index (κ1) is 10.7. The molecule has 8 heteroatoms. The summed E-state index contributed by atoms with van der Waals surface area (Å²) in [6.45, 7) is 1.41. The summed E-state index contributed by atoms with van der Waals surface area (Å²) in [6, 6.07) is 2.02. The Morgan fingerprint density at radius 1 is 1.33 bits per heavy atom. The summed E-state index contributed by atoms with van der Waals surface area (Å²) in [4.78, 5) is 19.9. The Morgan fingerprint density at radius 3 is 2.40 bits per heavy atom. The monoisotopic (exact) mass is 213 g/mol. The second-order valence-electron chi connectivity index (χ2n) is 2.78. The summed E-state index contributed by atoms with van der Waals surface area (Å²) in [5, 5.41) is 29.0. The molecular formula is C7H7N3O5. The van der Waals surface area contributed by atoms with E-state index in [9.17, 15) is 25.3 Å². The molecule has 0 saturated heterocycles. The number of anilines is 1. The Morgan fingerprint density at radius 2 is 1.93 bits per heavy atom. The molecule has 0 aromatic heterocycles. The van der Waals surface area contributed by atoms with Crippen LogP contribution in [0, 0.1) is 27.2 Å². The number of phenolic OH excluding ortho intramolecular Hbond substituents is 1. The van der Waals surface area contributed by atoms with Crippen molar-refractivity contribution in [2.45, 2.75) is 6.92 Å². The lowest BCUT2D eigenvalue weighted by atomic mass is 10.1. The molecule has 0 radical (unpaired) electrons. The van der Waals surface area contributed by atoms with E-state index >= 15 is 0 Å². The number of nitro benzene ring substituents is 1. The van der Waals surface area contributed by atoms with E-state index in [1.165, 1.54) is 6.92 Å². The predicted octanol–water partition coefficient (Wildman–Crippen LogP) is 1.21. The predicted molar refractivity (Wildman–Crippen MR) is 50.1 cm³/mol. The van der Waals surface area contributed by atoms with Crippen LogP contribution in [0.1, 0.15) is 5.56 Å². The highest BCUT2D eigenvalue weighted by molar-refractivity contribution is 5.63. The first-order valence-corrected chi connectivity index (χ1v) is 3.81. The molecule has 15 heavy (non-hydrogen) atoms. The molecule has 1 aromatic rings. The number of phenols is 1. The molecule has 0 unspecified atom stereocenters. The maximum absolute atomic E-state index is 10.4. The van der Waals surface area contributed by atoms with Crippen molar-refractivity contribution in [1.29, 1.82) is 0 Å².